The lowest BCUT2D eigenvalue weighted by Crippen LogP contribution is -2.38. The number of nitrogens with one attached hydrogen (secondary N) is 1. The van der Waals surface area contributed by atoms with Crippen molar-refractivity contribution in [3.63, 3.8) is 0 Å². The highest BCUT2D eigenvalue weighted by atomic mass is 32.1. The molecule has 0 bridgehead atoms. The minimum absolute atomic E-state index is 0.00310. The van der Waals surface area contributed by atoms with Gasteiger partial charge in [-0.2, -0.15) is 0 Å². The monoisotopic (exact) mass is 269 g/mol. The summed E-state index contributed by atoms with van der Waals surface area (Å²) in [6.45, 7) is 3.07. The molecule has 0 radical (unpaired) electrons. The van der Waals surface area contributed by atoms with E-state index in [4.69, 9.17) is 5.11 Å². The van der Waals surface area contributed by atoms with E-state index in [2.05, 4.69) is 10.3 Å². The van der Waals surface area contributed by atoms with Gasteiger partial charge in [0, 0.05) is 24.2 Å². The van der Waals surface area contributed by atoms with Crippen molar-refractivity contribution in [2.75, 3.05) is 13.1 Å². The highest BCUT2D eigenvalue weighted by Crippen LogP contribution is 2.23. The Morgan fingerprint density at radius 2 is 2.39 bits per heavy atom. The fourth-order valence-corrected chi connectivity index (χ4v) is 2.59. The molecule has 2 heterocycles. The number of aromatic nitrogens is 1. The predicted octanol–water partition coefficient (Wildman–Crippen LogP) is 1.01. The first-order valence-corrected chi connectivity index (χ1v) is 6.59. The van der Waals surface area contributed by atoms with Gasteiger partial charge in [-0.05, 0) is 5.92 Å². The van der Waals surface area contributed by atoms with Gasteiger partial charge in [0.2, 0.25) is 0 Å². The largest absolute Gasteiger partial charge is 0.481 e. The number of carboxylic acids is 1. The maximum Gasteiger partial charge on any atom is 0.317 e. The van der Waals surface area contributed by atoms with Crippen LogP contribution in [0.15, 0.2) is 11.7 Å². The Labute approximate surface area is 109 Å². The Morgan fingerprint density at radius 3 is 2.94 bits per heavy atom. The minimum atomic E-state index is -0.833. The van der Waals surface area contributed by atoms with E-state index >= 15 is 0 Å². The zero-order chi connectivity index (χ0) is 13.1. The highest BCUT2D eigenvalue weighted by molar-refractivity contribution is 7.09. The van der Waals surface area contributed by atoms with Crippen LogP contribution < -0.4 is 5.32 Å². The van der Waals surface area contributed by atoms with E-state index in [0.717, 1.165) is 4.88 Å². The summed E-state index contributed by atoms with van der Waals surface area (Å²) in [5.74, 6) is -1.30. The highest BCUT2D eigenvalue weighted by Gasteiger charge is 2.36. The number of urea groups is 1. The summed E-state index contributed by atoms with van der Waals surface area (Å²) in [6, 6.07) is -0.209. The number of amides is 2. The molecule has 2 unspecified atom stereocenters. The standard InChI is InChI=1S/C11H15N3O3S/c1-7-4-14(5-9(7)10(15)16)11(17)13-3-8-2-12-6-18-8/h2,6-7,9H,3-5H2,1H3,(H,13,17)(H,15,16). The Morgan fingerprint density at radius 1 is 1.61 bits per heavy atom. The second-order valence-corrected chi connectivity index (χ2v) is 5.42. The van der Waals surface area contributed by atoms with Gasteiger partial charge in [0.1, 0.15) is 0 Å². The molecule has 0 aliphatic carbocycles. The molecule has 1 aromatic heterocycles. The lowest BCUT2D eigenvalue weighted by Gasteiger charge is -2.16. The molecule has 18 heavy (non-hydrogen) atoms. The number of hydrogen-bond acceptors (Lipinski definition) is 4. The fourth-order valence-electron chi connectivity index (χ4n) is 2.06. The average Bonchev–Trinajstić information content (AvgIpc) is 2.94. The number of carbonyl (C=O) groups excluding carboxylic acids is 1. The lowest BCUT2D eigenvalue weighted by atomic mass is 9.99. The van der Waals surface area contributed by atoms with Gasteiger partial charge in [0.25, 0.3) is 0 Å². The Kier molecular flexibility index (Phi) is 3.81. The van der Waals surface area contributed by atoms with E-state index in [1.54, 1.807) is 16.6 Å². The second kappa shape index (κ2) is 5.34. The van der Waals surface area contributed by atoms with Crippen LogP contribution in [0.5, 0.6) is 0 Å². The molecule has 2 rings (SSSR count). The first-order valence-electron chi connectivity index (χ1n) is 5.71. The molecular weight excluding hydrogens is 254 g/mol. The number of carboxylic acid groups (broad SMARTS) is 1. The van der Waals surface area contributed by atoms with Crippen molar-refractivity contribution < 1.29 is 14.7 Å². The summed E-state index contributed by atoms with van der Waals surface area (Å²) in [7, 11) is 0. The maximum absolute atomic E-state index is 11.9. The molecule has 1 saturated heterocycles. The molecule has 0 aromatic carbocycles. The SMILES string of the molecule is CC1CN(C(=O)NCc2cncs2)CC1C(=O)O. The van der Waals surface area contributed by atoms with Gasteiger partial charge in [-0.15, -0.1) is 11.3 Å². The van der Waals surface area contributed by atoms with Crippen LogP contribution in [0.1, 0.15) is 11.8 Å². The summed E-state index contributed by atoms with van der Waals surface area (Å²) < 4.78 is 0. The molecule has 98 valence electrons. The van der Waals surface area contributed by atoms with Crippen molar-refractivity contribution in [3.05, 3.63) is 16.6 Å². The minimum Gasteiger partial charge on any atom is -0.481 e. The third-order valence-electron chi connectivity index (χ3n) is 3.11. The van der Waals surface area contributed by atoms with Crippen LogP contribution in [-0.2, 0) is 11.3 Å². The van der Waals surface area contributed by atoms with Gasteiger partial charge < -0.3 is 15.3 Å². The van der Waals surface area contributed by atoms with Crippen LogP contribution in [0.3, 0.4) is 0 Å². The molecule has 1 aliphatic rings. The third kappa shape index (κ3) is 2.79. The Balaban J connectivity index is 1.85. The van der Waals surface area contributed by atoms with Crippen LogP contribution in [-0.4, -0.2) is 40.1 Å². The predicted molar refractivity (Wildman–Crippen MR) is 66.2 cm³/mol. The van der Waals surface area contributed by atoms with Crippen LogP contribution in [0.25, 0.3) is 0 Å². The normalized spacial score (nSPS) is 23.1. The number of nitrogens with zero attached hydrogens (tertiary/aromatic N) is 2. The second-order valence-electron chi connectivity index (χ2n) is 4.45. The van der Waals surface area contributed by atoms with Crippen LogP contribution in [0.4, 0.5) is 4.79 Å². The van der Waals surface area contributed by atoms with Gasteiger partial charge in [-0.25, -0.2) is 4.79 Å². The van der Waals surface area contributed by atoms with Crippen LogP contribution >= 0.6 is 11.3 Å². The van der Waals surface area contributed by atoms with E-state index in [9.17, 15) is 9.59 Å². The summed E-state index contributed by atoms with van der Waals surface area (Å²) >= 11 is 1.47. The average molecular weight is 269 g/mol. The fraction of sp³-hybridized carbons (Fsp3) is 0.545. The van der Waals surface area contributed by atoms with Crippen molar-refractivity contribution in [3.8, 4) is 0 Å². The van der Waals surface area contributed by atoms with Crippen molar-refractivity contribution in [1.82, 2.24) is 15.2 Å². The van der Waals surface area contributed by atoms with Crippen molar-refractivity contribution in [1.29, 1.82) is 0 Å². The van der Waals surface area contributed by atoms with E-state index in [-0.39, 0.29) is 18.5 Å². The number of hydrogen-bond donors (Lipinski definition) is 2. The molecule has 2 atom stereocenters. The molecule has 1 fully saturated rings. The van der Waals surface area contributed by atoms with Crippen LogP contribution in [0, 0.1) is 11.8 Å². The molecule has 2 N–H and O–H groups in total. The molecule has 0 spiro atoms. The zero-order valence-corrected chi connectivity index (χ0v) is 10.8. The Hall–Kier alpha value is -1.63. The van der Waals surface area contributed by atoms with Gasteiger partial charge in [-0.1, -0.05) is 6.92 Å². The number of aliphatic carboxylic acids is 1. The lowest BCUT2D eigenvalue weighted by molar-refractivity contribution is -0.142. The molecule has 7 heteroatoms. The van der Waals surface area contributed by atoms with Crippen molar-refractivity contribution >= 4 is 23.3 Å². The molecule has 1 aliphatic heterocycles. The van der Waals surface area contributed by atoms with E-state index < -0.39 is 11.9 Å². The third-order valence-corrected chi connectivity index (χ3v) is 3.89. The first-order chi connectivity index (χ1) is 8.58. The molecule has 6 nitrogen and oxygen atoms in total. The molecule has 2 amide bonds. The Bertz CT molecular complexity index is 435. The summed E-state index contributed by atoms with van der Waals surface area (Å²) in [6.07, 6.45) is 1.71. The van der Waals surface area contributed by atoms with Gasteiger partial charge >= 0.3 is 12.0 Å². The van der Waals surface area contributed by atoms with E-state index in [1.165, 1.54) is 11.3 Å². The summed E-state index contributed by atoms with van der Waals surface area (Å²) in [5, 5.41) is 11.8. The first kappa shape index (κ1) is 12.8. The smallest absolute Gasteiger partial charge is 0.317 e. The van der Waals surface area contributed by atoms with Gasteiger partial charge in [-0.3, -0.25) is 9.78 Å². The summed E-state index contributed by atoms with van der Waals surface area (Å²) in [4.78, 5) is 29.3. The van der Waals surface area contributed by atoms with E-state index in [1.807, 2.05) is 6.92 Å². The number of rotatable bonds is 3. The van der Waals surface area contributed by atoms with Crippen LogP contribution in [0.2, 0.25) is 0 Å². The van der Waals surface area contributed by atoms with E-state index in [0.29, 0.717) is 13.1 Å². The number of likely N-dealkylation sites (tertiary alicyclic amines) is 1. The molecule has 1 aromatic rings. The molecular formula is C11H15N3O3S. The summed E-state index contributed by atoms with van der Waals surface area (Å²) in [5.41, 5.74) is 1.71. The van der Waals surface area contributed by atoms with Gasteiger partial charge in [0.05, 0.1) is 18.0 Å². The maximum atomic E-state index is 11.9. The number of carbonyl (C=O) groups is 2. The van der Waals surface area contributed by atoms with Gasteiger partial charge in [0.15, 0.2) is 0 Å². The zero-order valence-electron chi connectivity index (χ0n) is 10.00. The number of thiazole rings is 1. The van der Waals surface area contributed by atoms with Crippen molar-refractivity contribution in [2.45, 2.75) is 13.5 Å². The quantitative estimate of drug-likeness (QED) is 0.857. The topological polar surface area (TPSA) is 82.5 Å². The molecule has 0 saturated carbocycles. The van der Waals surface area contributed by atoms with Crippen molar-refractivity contribution in [2.24, 2.45) is 11.8 Å².